The molecule has 0 aliphatic rings. The SMILES string of the molecule is Cn1cc(Br)c(C(=O)Nc2cnn(CCc3ccccc3)c2)n1. The van der Waals surface area contributed by atoms with Gasteiger partial charge in [0.2, 0.25) is 0 Å². The summed E-state index contributed by atoms with van der Waals surface area (Å²) in [5.41, 5.74) is 2.26. The first-order valence-corrected chi connectivity index (χ1v) is 7.98. The Hall–Kier alpha value is -2.41. The van der Waals surface area contributed by atoms with Crippen molar-refractivity contribution in [1.82, 2.24) is 19.6 Å². The van der Waals surface area contributed by atoms with Gasteiger partial charge in [-0.05, 0) is 27.9 Å². The Morgan fingerprint density at radius 2 is 2.04 bits per heavy atom. The molecule has 6 nitrogen and oxygen atoms in total. The molecule has 3 rings (SSSR count). The van der Waals surface area contributed by atoms with Crippen LogP contribution < -0.4 is 5.32 Å². The number of carbonyl (C=O) groups excluding carboxylic acids is 1. The molecule has 0 saturated carbocycles. The predicted octanol–water partition coefficient (Wildman–Crippen LogP) is 2.87. The van der Waals surface area contributed by atoms with E-state index in [4.69, 9.17) is 0 Å². The van der Waals surface area contributed by atoms with Crippen molar-refractivity contribution in [3.63, 3.8) is 0 Å². The molecule has 118 valence electrons. The number of amides is 1. The largest absolute Gasteiger partial charge is 0.318 e. The fourth-order valence-electron chi connectivity index (χ4n) is 2.24. The minimum atomic E-state index is -0.264. The normalized spacial score (nSPS) is 10.7. The van der Waals surface area contributed by atoms with Crippen molar-refractivity contribution in [3.05, 3.63) is 64.7 Å². The quantitative estimate of drug-likeness (QED) is 0.747. The molecule has 0 aliphatic heterocycles. The lowest BCUT2D eigenvalue weighted by Gasteiger charge is -2.02. The van der Waals surface area contributed by atoms with Crippen molar-refractivity contribution in [3.8, 4) is 0 Å². The van der Waals surface area contributed by atoms with E-state index >= 15 is 0 Å². The molecule has 0 radical (unpaired) electrons. The summed E-state index contributed by atoms with van der Waals surface area (Å²) in [6, 6.07) is 10.2. The number of aryl methyl sites for hydroxylation is 3. The zero-order valence-corrected chi connectivity index (χ0v) is 14.2. The van der Waals surface area contributed by atoms with Crippen LogP contribution in [0.1, 0.15) is 16.1 Å². The van der Waals surface area contributed by atoms with Crippen molar-refractivity contribution in [2.45, 2.75) is 13.0 Å². The van der Waals surface area contributed by atoms with E-state index in [1.54, 1.807) is 24.1 Å². The third kappa shape index (κ3) is 3.87. The number of hydrogen-bond acceptors (Lipinski definition) is 3. The molecular formula is C16H16BrN5O. The second-order valence-electron chi connectivity index (χ2n) is 5.18. The van der Waals surface area contributed by atoms with Gasteiger partial charge in [-0.15, -0.1) is 0 Å². The summed E-state index contributed by atoms with van der Waals surface area (Å²) in [7, 11) is 1.77. The van der Waals surface area contributed by atoms with Crippen molar-refractivity contribution in [2.24, 2.45) is 7.05 Å². The molecule has 1 N–H and O–H groups in total. The maximum Gasteiger partial charge on any atom is 0.277 e. The van der Waals surface area contributed by atoms with Crippen LogP contribution in [0.5, 0.6) is 0 Å². The highest BCUT2D eigenvalue weighted by Gasteiger charge is 2.15. The second kappa shape index (κ2) is 6.78. The lowest BCUT2D eigenvalue weighted by Crippen LogP contribution is -2.13. The van der Waals surface area contributed by atoms with Crippen LogP contribution in [0, 0.1) is 0 Å². The summed E-state index contributed by atoms with van der Waals surface area (Å²) in [4.78, 5) is 12.2. The molecule has 23 heavy (non-hydrogen) atoms. The highest BCUT2D eigenvalue weighted by Crippen LogP contribution is 2.16. The van der Waals surface area contributed by atoms with Gasteiger partial charge in [-0.25, -0.2) is 0 Å². The Kier molecular flexibility index (Phi) is 4.57. The van der Waals surface area contributed by atoms with E-state index in [-0.39, 0.29) is 5.91 Å². The molecule has 0 aliphatic carbocycles. The number of halogens is 1. The van der Waals surface area contributed by atoms with Gasteiger partial charge in [0.1, 0.15) is 0 Å². The highest BCUT2D eigenvalue weighted by atomic mass is 79.9. The lowest BCUT2D eigenvalue weighted by molar-refractivity contribution is 0.102. The number of rotatable bonds is 5. The Morgan fingerprint density at radius 3 is 2.74 bits per heavy atom. The van der Waals surface area contributed by atoms with E-state index in [1.165, 1.54) is 5.56 Å². The van der Waals surface area contributed by atoms with Crippen LogP contribution in [-0.4, -0.2) is 25.5 Å². The monoisotopic (exact) mass is 373 g/mol. The van der Waals surface area contributed by atoms with Gasteiger partial charge in [0.05, 0.1) is 16.4 Å². The van der Waals surface area contributed by atoms with Gasteiger partial charge in [-0.2, -0.15) is 10.2 Å². The third-order valence-electron chi connectivity index (χ3n) is 3.36. The number of carbonyl (C=O) groups is 1. The smallest absolute Gasteiger partial charge is 0.277 e. The third-order valence-corrected chi connectivity index (χ3v) is 3.94. The summed E-state index contributed by atoms with van der Waals surface area (Å²) in [5, 5.41) is 11.2. The van der Waals surface area contributed by atoms with Crippen molar-refractivity contribution in [2.75, 3.05) is 5.32 Å². The molecule has 0 spiro atoms. The fraction of sp³-hybridized carbons (Fsp3) is 0.188. The average Bonchev–Trinajstić information content (AvgIpc) is 3.12. The van der Waals surface area contributed by atoms with E-state index in [0.29, 0.717) is 15.9 Å². The number of hydrogen-bond donors (Lipinski definition) is 1. The summed E-state index contributed by atoms with van der Waals surface area (Å²) in [5.74, 6) is -0.264. The molecule has 2 aromatic heterocycles. The molecule has 0 bridgehead atoms. The molecule has 1 aromatic carbocycles. The molecule has 1 amide bonds. The minimum absolute atomic E-state index is 0.264. The van der Waals surface area contributed by atoms with Gasteiger partial charge in [-0.3, -0.25) is 14.2 Å². The van der Waals surface area contributed by atoms with Crippen LogP contribution in [0.2, 0.25) is 0 Å². The zero-order valence-electron chi connectivity index (χ0n) is 12.6. The number of nitrogens with zero attached hydrogens (tertiary/aromatic N) is 4. The lowest BCUT2D eigenvalue weighted by atomic mass is 10.1. The molecule has 0 fully saturated rings. The number of anilines is 1. The number of aromatic nitrogens is 4. The van der Waals surface area contributed by atoms with Crippen LogP contribution in [0.3, 0.4) is 0 Å². The molecule has 0 saturated heterocycles. The van der Waals surface area contributed by atoms with Crippen molar-refractivity contribution >= 4 is 27.5 Å². The van der Waals surface area contributed by atoms with Crippen LogP contribution in [-0.2, 0) is 20.0 Å². The summed E-state index contributed by atoms with van der Waals surface area (Å²) in [6.07, 6.45) is 6.08. The first-order valence-electron chi connectivity index (χ1n) is 7.19. The number of benzene rings is 1. The average molecular weight is 374 g/mol. The first-order chi connectivity index (χ1) is 11.1. The van der Waals surface area contributed by atoms with Gasteiger partial charge >= 0.3 is 0 Å². The molecule has 7 heteroatoms. The van der Waals surface area contributed by atoms with Crippen LogP contribution in [0.4, 0.5) is 5.69 Å². The van der Waals surface area contributed by atoms with E-state index in [0.717, 1.165) is 13.0 Å². The van der Waals surface area contributed by atoms with E-state index in [9.17, 15) is 4.79 Å². The van der Waals surface area contributed by atoms with E-state index in [2.05, 4.69) is 43.6 Å². The second-order valence-corrected chi connectivity index (χ2v) is 6.04. The minimum Gasteiger partial charge on any atom is -0.318 e. The van der Waals surface area contributed by atoms with Gasteiger partial charge in [0.25, 0.3) is 5.91 Å². The Bertz CT molecular complexity index is 809. The molecular weight excluding hydrogens is 358 g/mol. The topological polar surface area (TPSA) is 64.7 Å². The van der Waals surface area contributed by atoms with Gasteiger partial charge in [0, 0.05) is 26.0 Å². The maximum atomic E-state index is 12.2. The van der Waals surface area contributed by atoms with E-state index in [1.807, 2.05) is 29.1 Å². The van der Waals surface area contributed by atoms with Crippen LogP contribution >= 0.6 is 15.9 Å². The standard InChI is InChI=1S/C16H16BrN5O/c1-21-11-14(17)15(20-21)16(23)19-13-9-18-22(10-13)8-7-12-5-3-2-4-6-12/h2-6,9-11H,7-8H2,1H3,(H,19,23). The molecule has 0 atom stereocenters. The number of nitrogens with one attached hydrogen (secondary N) is 1. The first kappa shape index (κ1) is 15.5. The summed E-state index contributed by atoms with van der Waals surface area (Å²) in [6.45, 7) is 0.757. The van der Waals surface area contributed by atoms with Gasteiger partial charge in [-0.1, -0.05) is 30.3 Å². The summed E-state index contributed by atoms with van der Waals surface area (Å²) >= 11 is 3.32. The predicted molar refractivity (Wildman–Crippen MR) is 91.2 cm³/mol. The van der Waals surface area contributed by atoms with Crippen molar-refractivity contribution in [1.29, 1.82) is 0 Å². The van der Waals surface area contributed by atoms with Gasteiger partial charge < -0.3 is 5.32 Å². The Labute approximate surface area is 142 Å². The van der Waals surface area contributed by atoms with E-state index < -0.39 is 0 Å². The molecule has 2 heterocycles. The van der Waals surface area contributed by atoms with Crippen molar-refractivity contribution < 1.29 is 4.79 Å². The Balaban J connectivity index is 1.61. The highest BCUT2D eigenvalue weighted by molar-refractivity contribution is 9.10. The van der Waals surface area contributed by atoms with Crippen LogP contribution in [0.15, 0.2) is 53.4 Å². The molecule has 3 aromatic rings. The zero-order chi connectivity index (χ0) is 16.2. The van der Waals surface area contributed by atoms with Crippen LogP contribution in [0.25, 0.3) is 0 Å². The maximum absolute atomic E-state index is 12.2. The summed E-state index contributed by atoms with van der Waals surface area (Å²) < 4.78 is 4.06. The molecule has 0 unspecified atom stereocenters. The Morgan fingerprint density at radius 1 is 1.26 bits per heavy atom. The van der Waals surface area contributed by atoms with Gasteiger partial charge in [0.15, 0.2) is 5.69 Å². The fourth-order valence-corrected chi connectivity index (χ4v) is 2.80.